The molecule has 2 rings (SSSR count). The molecule has 2 unspecified atom stereocenters. The van der Waals surface area contributed by atoms with Crippen LogP contribution in [-0.4, -0.2) is 6.04 Å². The van der Waals surface area contributed by atoms with Gasteiger partial charge >= 0.3 is 0 Å². The van der Waals surface area contributed by atoms with Gasteiger partial charge in [-0.1, -0.05) is 56.5 Å². The Morgan fingerprint density at radius 2 is 2.00 bits per heavy atom. The molecule has 2 heteroatoms. The molecule has 0 aliphatic heterocycles. The van der Waals surface area contributed by atoms with Gasteiger partial charge in [0.05, 0.1) is 0 Å². The molecule has 1 aromatic rings. The second kappa shape index (κ2) is 5.63. The summed E-state index contributed by atoms with van der Waals surface area (Å²) in [5, 5.41) is 4.65. The van der Waals surface area contributed by atoms with Gasteiger partial charge in [0.25, 0.3) is 0 Å². The van der Waals surface area contributed by atoms with Crippen molar-refractivity contribution in [2.75, 3.05) is 0 Å². The predicted octanol–water partition coefficient (Wildman–Crippen LogP) is 4.96. The summed E-state index contributed by atoms with van der Waals surface area (Å²) in [6.45, 7) is 6.97. The highest BCUT2D eigenvalue weighted by Crippen LogP contribution is 2.37. The quantitative estimate of drug-likeness (QED) is 0.815. The highest BCUT2D eigenvalue weighted by atomic mass is 35.5. The molecule has 0 heterocycles. The molecule has 0 saturated heterocycles. The standard InChI is InChI=1S/C16H24ClN/c1-12(13-8-4-5-9-14(13)17)18-15-10-6-7-11-16(15,2)3/h4-5,8-9,12,15,18H,6-7,10-11H2,1-3H3. The van der Waals surface area contributed by atoms with Crippen LogP contribution >= 0.6 is 11.6 Å². The molecule has 1 nitrogen and oxygen atoms in total. The molecule has 100 valence electrons. The lowest BCUT2D eigenvalue weighted by Gasteiger charge is -2.41. The van der Waals surface area contributed by atoms with Gasteiger partial charge in [0, 0.05) is 17.1 Å². The second-order valence-corrected chi connectivity index (χ2v) is 6.60. The predicted molar refractivity (Wildman–Crippen MR) is 79.0 cm³/mol. The largest absolute Gasteiger partial charge is 0.307 e. The monoisotopic (exact) mass is 265 g/mol. The van der Waals surface area contributed by atoms with Crippen LogP contribution in [0.2, 0.25) is 5.02 Å². The molecule has 1 fully saturated rings. The van der Waals surface area contributed by atoms with Crippen LogP contribution in [0.15, 0.2) is 24.3 Å². The minimum atomic E-state index is 0.320. The Kier molecular flexibility index (Phi) is 4.34. The first-order valence-corrected chi connectivity index (χ1v) is 7.39. The van der Waals surface area contributed by atoms with Crippen LogP contribution in [0.3, 0.4) is 0 Å². The van der Waals surface area contributed by atoms with E-state index in [2.05, 4.69) is 38.2 Å². The average Bonchev–Trinajstić information content (AvgIpc) is 2.32. The maximum Gasteiger partial charge on any atom is 0.0453 e. The van der Waals surface area contributed by atoms with E-state index in [4.69, 9.17) is 11.6 Å². The molecule has 1 saturated carbocycles. The fraction of sp³-hybridized carbons (Fsp3) is 0.625. The Bertz CT molecular complexity index is 400. The van der Waals surface area contributed by atoms with E-state index in [-0.39, 0.29) is 0 Å². The van der Waals surface area contributed by atoms with Crippen LogP contribution in [-0.2, 0) is 0 Å². The van der Waals surface area contributed by atoms with Crippen molar-refractivity contribution in [1.82, 2.24) is 5.32 Å². The van der Waals surface area contributed by atoms with E-state index in [1.54, 1.807) is 0 Å². The first-order valence-electron chi connectivity index (χ1n) is 7.01. The van der Waals surface area contributed by atoms with E-state index in [9.17, 15) is 0 Å². The number of rotatable bonds is 3. The first-order chi connectivity index (χ1) is 8.50. The molecule has 1 aliphatic carbocycles. The van der Waals surface area contributed by atoms with Crippen LogP contribution in [0.5, 0.6) is 0 Å². The van der Waals surface area contributed by atoms with Crippen molar-refractivity contribution in [3.05, 3.63) is 34.9 Å². The Morgan fingerprint density at radius 3 is 2.67 bits per heavy atom. The number of hydrogen-bond donors (Lipinski definition) is 1. The van der Waals surface area contributed by atoms with Crippen molar-refractivity contribution in [3.63, 3.8) is 0 Å². The summed E-state index contributed by atoms with van der Waals surface area (Å²) in [4.78, 5) is 0. The fourth-order valence-corrected chi connectivity index (χ4v) is 3.32. The normalized spacial score (nSPS) is 24.8. The van der Waals surface area contributed by atoms with E-state index < -0.39 is 0 Å². The van der Waals surface area contributed by atoms with Crippen molar-refractivity contribution in [2.45, 2.75) is 58.5 Å². The second-order valence-electron chi connectivity index (χ2n) is 6.20. The van der Waals surface area contributed by atoms with Gasteiger partial charge in [-0.3, -0.25) is 0 Å². The first kappa shape index (κ1) is 13.9. The summed E-state index contributed by atoms with van der Waals surface area (Å²) in [5.41, 5.74) is 1.61. The zero-order chi connectivity index (χ0) is 13.2. The minimum Gasteiger partial charge on any atom is -0.307 e. The minimum absolute atomic E-state index is 0.320. The lowest BCUT2D eigenvalue weighted by molar-refractivity contribution is 0.157. The van der Waals surface area contributed by atoms with Crippen molar-refractivity contribution in [3.8, 4) is 0 Å². The smallest absolute Gasteiger partial charge is 0.0453 e. The third-order valence-corrected chi connectivity index (χ3v) is 4.67. The molecule has 0 radical (unpaired) electrons. The topological polar surface area (TPSA) is 12.0 Å². The molecule has 0 aromatic heterocycles. The van der Waals surface area contributed by atoms with Gasteiger partial charge in [-0.05, 0) is 36.8 Å². The zero-order valence-electron chi connectivity index (χ0n) is 11.7. The lowest BCUT2D eigenvalue weighted by Crippen LogP contribution is -2.45. The number of hydrogen-bond acceptors (Lipinski definition) is 1. The number of halogens is 1. The number of nitrogens with one attached hydrogen (secondary N) is 1. The van der Waals surface area contributed by atoms with E-state index in [0.717, 1.165) is 5.02 Å². The maximum atomic E-state index is 6.27. The van der Waals surface area contributed by atoms with Crippen molar-refractivity contribution >= 4 is 11.6 Å². The molecular weight excluding hydrogens is 242 g/mol. The van der Waals surface area contributed by atoms with Gasteiger partial charge in [0.2, 0.25) is 0 Å². The van der Waals surface area contributed by atoms with Gasteiger partial charge in [-0.25, -0.2) is 0 Å². The summed E-state index contributed by atoms with van der Waals surface area (Å²) < 4.78 is 0. The summed E-state index contributed by atoms with van der Waals surface area (Å²) in [5.74, 6) is 0. The summed E-state index contributed by atoms with van der Waals surface area (Å²) in [6, 6.07) is 9.06. The Balaban J connectivity index is 2.07. The third-order valence-electron chi connectivity index (χ3n) is 4.33. The zero-order valence-corrected chi connectivity index (χ0v) is 12.4. The van der Waals surface area contributed by atoms with E-state index in [1.807, 2.05) is 12.1 Å². The van der Waals surface area contributed by atoms with Crippen molar-refractivity contribution in [1.29, 1.82) is 0 Å². The number of benzene rings is 1. The van der Waals surface area contributed by atoms with Crippen LogP contribution in [0, 0.1) is 5.41 Å². The van der Waals surface area contributed by atoms with Gasteiger partial charge in [0.1, 0.15) is 0 Å². The highest BCUT2D eigenvalue weighted by molar-refractivity contribution is 6.31. The molecular formula is C16H24ClN. The van der Waals surface area contributed by atoms with E-state index >= 15 is 0 Å². The average molecular weight is 266 g/mol. The summed E-state index contributed by atoms with van der Waals surface area (Å²) in [6.07, 6.45) is 5.31. The van der Waals surface area contributed by atoms with Gasteiger partial charge in [-0.2, -0.15) is 0 Å². The Hall–Kier alpha value is -0.530. The molecule has 0 spiro atoms. The molecule has 18 heavy (non-hydrogen) atoms. The van der Waals surface area contributed by atoms with Crippen molar-refractivity contribution < 1.29 is 0 Å². The van der Waals surface area contributed by atoms with Gasteiger partial charge in [-0.15, -0.1) is 0 Å². The molecule has 0 amide bonds. The molecule has 1 aliphatic rings. The van der Waals surface area contributed by atoms with E-state index in [1.165, 1.54) is 31.2 Å². The SMILES string of the molecule is CC(NC1CCCCC1(C)C)c1ccccc1Cl. The molecule has 2 atom stereocenters. The highest BCUT2D eigenvalue weighted by Gasteiger charge is 2.32. The van der Waals surface area contributed by atoms with Gasteiger partial charge < -0.3 is 5.32 Å². The molecule has 1 N–H and O–H groups in total. The maximum absolute atomic E-state index is 6.27. The van der Waals surface area contributed by atoms with Gasteiger partial charge in [0.15, 0.2) is 0 Å². The fourth-order valence-electron chi connectivity index (χ4n) is 3.02. The van der Waals surface area contributed by atoms with Crippen LogP contribution in [0.1, 0.15) is 58.1 Å². The van der Waals surface area contributed by atoms with Crippen LogP contribution in [0.4, 0.5) is 0 Å². The Morgan fingerprint density at radius 1 is 1.28 bits per heavy atom. The summed E-state index contributed by atoms with van der Waals surface area (Å²) in [7, 11) is 0. The molecule has 1 aromatic carbocycles. The third kappa shape index (κ3) is 3.07. The van der Waals surface area contributed by atoms with Crippen molar-refractivity contribution in [2.24, 2.45) is 5.41 Å². The lowest BCUT2D eigenvalue weighted by atomic mass is 9.73. The van der Waals surface area contributed by atoms with E-state index in [0.29, 0.717) is 17.5 Å². The Labute approximate surface area is 116 Å². The van der Waals surface area contributed by atoms with Crippen LogP contribution < -0.4 is 5.32 Å². The van der Waals surface area contributed by atoms with Crippen LogP contribution in [0.25, 0.3) is 0 Å². The molecule has 0 bridgehead atoms. The summed E-state index contributed by atoms with van der Waals surface area (Å²) >= 11 is 6.27.